The number of nitrogens with one attached hydrogen (secondary N) is 2. The quantitative estimate of drug-likeness (QED) is 0.846. The van der Waals surface area contributed by atoms with Crippen LogP contribution in [0, 0.1) is 5.92 Å². The Labute approximate surface area is 127 Å². The minimum absolute atomic E-state index is 0.0204. The standard InChI is InChI=1S/C17H26N2O2/c1-13-7-3-5-9-15(13)19-17(20)12-21-16-10-6-4-8-14(16)11-18-2/h4,6,8,10,13,15,18H,3,5,7,9,11-12H2,1-2H3,(H,19,20). The molecule has 0 radical (unpaired) electrons. The highest BCUT2D eigenvalue weighted by atomic mass is 16.5. The van der Waals surface area contributed by atoms with Gasteiger partial charge in [0.2, 0.25) is 0 Å². The van der Waals surface area contributed by atoms with Gasteiger partial charge in [0.25, 0.3) is 5.91 Å². The number of carbonyl (C=O) groups is 1. The third kappa shape index (κ3) is 4.74. The molecule has 2 atom stereocenters. The van der Waals surface area contributed by atoms with E-state index in [1.54, 1.807) is 0 Å². The highest BCUT2D eigenvalue weighted by Gasteiger charge is 2.22. The van der Waals surface area contributed by atoms with Crippen LogP contribution in [0.25, 0.3) is 0 Å². The van der Waals surface area contributed by atoms with Crippen LogP contribution in [-0.2, 0) is 11.3 Å². The summed E-state index contributed by atoms with van der Waals surface area (Å²) >= 11 is 0. The zero-order valence-corrected chi connectivity index (χ0v) is 13.0. The molecule has 1 aromatic carbocycles. The van der Waals surface area contributed by atoms with Crippen LogP contribution in [0.5, 0.6) is 5.75 Å². The smallest absolute Gasteiger partial charge is 0.258 e. The molecule has 1 aromatic rings. The Morgan fingerprint density at radius 2 is 2.05 bits per heavy atom. The minimum atomic E-state index is -0.0204. The number of ether oxygens (including phenoxy) is 1. The van der Waals surface area contributed by atoms with Gasteiger partial charge in [-0.2, -0.15) is 0 Å². The van der Waals surface area contributed by atoms with Crippen molar-refractivity contribution in [1.82, 2.24) is 10.6 Å². The van der Waals surface area contributed by atoms with Gasteiger partial charge < -0.3 is 15.4 Å². The number of benzene rings is 1. The molecule has 2 rings (SSSR count). The van der Waals surface area contributed by atoms with Gasteiger partial charge in [-0.25, -0.2) is 0 Å². The first-order valence-electron chi connectivity index (χ1n) is 7.85. The molecule has 2 N–H and O–H groups in total. The van der Waals surface area contributed by atoms with Crippen molar-refractivity contribution < 1.29 is 9.53 Å². The summed E-state index contributed by atoms with van der Waals surface area (Å²) in [6.07, 6.45) is 4.78. The van der Waals surface area contributed by atoms with E-state index in [1.807, 2.05) is 31.3 Å². The summed E-state index contributed by atoms with van der Waals surface area (Å²) in [5.41, 5.74) is 1.07. The molecule has 116 valence electrons. The fourth-order valence-corrected chi connectivity index (χ4v) is 2.90. The Kier molecular flexibility index (Phi) is 6.05. The topological polar surface area (TPSA) is 50.4 Å². The largest absolute Gasteiger partial charge is 0.483 e. The van der Waals surface area contributed by atoms with Gasteiger partial charge in [0, 0.05) is 18.2 Å². The molecule has 0 heterocycles. The molecule has 0 aromatic heterocycles. The van der Waals surface area contributed by atoms with Crippen LogP contribution in [-0.4, -0.2) is 25.6 Å². The highest BCUT2D eigenvalue weighted by molar-refractivity contribution is 5.77. The van der Waals surface area contributed by atoms with Gasteiger partial charge in [-0.1, -0.05) is 38.0 Å². The third-order valence-electron chi connectivity index (χ3n) is 4.16. The molecule has 4 nitrogen and oxygen atoms in total. The highest BCUT2D eigenvalue weighted by Crippen LogP contribution is 2.23. The first kappa shape index (κ1) is 15.8. The van der Waals surface area contributed by atoms with Crippen molar-refractivity contribution in [3.05, 3.63) is 29.8 Å². The summed E-state index contributed by atoms with van der Waals surface area (Å²) in [6, 6.07) is 8.12. The normalized spacial score (nSPS) is 21.8. The van der Waals surface area contributed by atoms with E-state index >= 15 is 0 Å². The van der Waals surface area contributed by atoms with Crippen LogP contribution in [0.1, 0.15) is 38.2 Å². The molecule has 1 aliphatic carbocycles. The zero-order valence-electron chi connectivity index (χ0n) is 13.0. The Morgan fingerprint density at radius 1 is 1.29 bits per heavy atom. The first-order valence-corrected chi connectivity index (χ1v) is 7.85. The molecule has 1 fully saturated rings. The van der Waals surface area contributed by atoms with E-state index in [0.29, 0.717) is 12.0 Å². The number of hydrogen-bond acceptors (Lipinski definition) is 3. The molecule has 1 saturated carbocycles. The van der Waals surface area contributed by atoms with E-state index in [-0.39, 0.29) is 12.5 Å². The second-order valence-corrected chi connectivity index (χ2v) is 5.86. The average molecular weight is 290 g/mol. The van der Waals surface area contributed by atoms with Crippen LogP contribution in [0.4, 0.5) is 0 Å². The molecule has 0 saturated heterocycles. The predicted molar refractivity (Wildman–Crippen MR) is 84.3 cm³/mol. The maximum atomic E-state index is 12.0. The van der Waals surface area contributed by atoms with Crippen LogP contribution in [0.3, 0.4) is 0 Å². The Morgan fingerprint density at radius 3 is 2.81 bits per heavy atom. The summed E-state index contributed by atoms with van der Waals surface area (Å²) in [7, 11) is 1.90. The lowest BCUT2D eigenvalue weighted by Gasteiger charge is -2.29. The molecule has 0 bridgehead atoms. The molecule has 21 heavy (non-hydrogen) atoms. The SMILES string of the molecule is CNCc1ccccc1OCC(=O)NC1CCCCC1C. The van der Waals surface area contributed by atoms with Crippen molar-refractivity contribution >= 4 is 5.91 Å². The minimum Gasteiger partial charge on any atom is -0.483 e. The van der Waals surface area contributed by atoms with E-state index in [9.17, 15) is 4.79 Å². The van der Waals surface area contributed by atoms with Crippen LogP contribution >= 0.6 is 0 Å². The van der Waals surface area contributed by atoms with E-state index in [1.165, 1.54) is 19.3 Å². The van der Waals surface area contributed by atoms with Crippen molar-refractivity contribution in [1.29, 1.82) is 0 Å². The Bertz CT molecular complexity index is 462. The summed E-state index contributed by atoms with van der Waals surface area (Å²) < 4.78 is 5.68. The lowest BCUT2D eigenvalue weighted by atomic mass is 9.86. The lowest BCUT2D eigenvalue weighted by molar-refractivity contribution is -0.124. The Balaban J connectivity index is 1.83. The maximum absolute atomic E-state index is 12.0. The van der Waals surface area contributed by atoms with E-state index in [0.717, 1.165) is 24.3 Å². The molecule has 2 unspecified atom stereocenters. The van der Waals surface area contributed by atoms with Gasteiger partial charge in [0.05, 0.1) is 0 Å². The molecule has 0 spiro atoms. The molecular formula is C17H26N2O2. The van der Waals surface area contributed by atoms with Gasteiger partial charge >= 0.3 is 0 Å². The van der Waals surface area contributed by atoms with Gasteiger partial charge in [-0.05, 0) is 31.9 Å². The summed E-state index contributed by atoms with van der Waals surface area (Å²) in [4.78, 5) is 12.0. The fraction of sp³-hybridized carbons (Fsp3) is 0.588. The van der Waals surface area contributed by atoms with Gasteiger partial charge in [-0.3, -0.25) is 4.79 Å². The third-order valence-corrected chi connectivity index (χ3v) is 4.16. The van der Waals surface area contributed by atoms with Gasteiger partial charge in [0.15, 0.2) is 6.61 Å². The molecule has 4 heteroatoms. The first-order chi connectivity index (χ1) is 10.2. The molecule has 1 amide bonds. The van der Waals surface area contributed by atoms with E-state index < -0.39 is 0 Å². The van der Waals surface area contributed by atoms with Crippen molar-refractivity contribution in [2.24, 2.45) is 5.92 Å². The number of amides is 1. The van der Waals surface area contributed by atoms with Crippen LogP contribution < -0.4 is 15.4 Å². The average Bonchev–Trinajstić information content (AvgIpc) is 2.49. The monoisotopic (exact) mass is 290 g/mol. The molecular weight excluding hydrogens is 264 g/mol. The van der Waals surface area contributed by atoms with Gasteiger partial charge in [-0.15, -0.1) is 0 Å². The number of rotatable bonds is 6. The summed E-state index contributed by atoms with van der Waals surface area (Å²) in [5.74, 6) is 1.32. The predicted octanol–water partition coefficient (Wildman–Crippen LogP) is 2.48. The summed E-state index contributed by atoms with van der Waals surface area (Å²) in [6.45, 7) is 3.04. The van der Waals surface area contributed by atoms with Gasteiger partial charge in [0.1, 0.15) is 5.75 Å². The second-order valence-electron chi connectivity index (χ2n) is 5.86. The van der Waals surface area contributed by atoms with Crippen molar-refractivity contribution in [3.63, 3.8) is 0 Å². The Hall–Kier alpha value is -1.55. The zero-order chi connectivity index (χ0) is 15.1. The maximum Gasteiger partial charge on any atom is 0.258 e. The van der Waals surface area contributed by atoms with Crippen molar-refractivity contribution in [2.75, 3.05) is 13.7 Å². The second kappa shape index (κ2) is 8.03. The fourth-order valence-electron chi connectivity index (χ4n) is 2.90. The summed E-state index contributed by atoms with van der Waals surface area (Å²) in [5, 5.41) is 6.21. The number of carbonyl (C=O) groups excluding carboxylic acids is 1. The van der Waals surface area contributed by atoms with E-state index in [4.69, 9.17) is 4.74 Å². The lowest BCUT2D eigenvalue weighted by Crippen LogP contribution is -2.43. The molecule has 0 aliphatic heterocycles. The molecule has 1 aliphatic rings. The number of hydrogen-bond donors (Lipinski definition) is 2. The van der Waals surface area contributed by atoms with Crippen molar-refractivity contribution in [2.45, 2.75) is 45.2 Å². The van der Waals surface area contributed by atoms with Crippen molar-refractivity contribution in [3.8, 4) is 5.75 Å². The number of para-hydroxylation sites is 1. The van der Waals surface area contributed by atoms with Crippen LogP contribution in [0.2, 0.25) is 0 Å². The van der Waals surface area contributed by atoms with E-state index in [2.05, 4.69) is 17.6 Å². The van der Waals surface area contributed by atoms with Crippen LogP contribution in [0.15, 0.2) is 24.3 Å².